The van der Waals surface area contributed by atoms with Crippen molar-refractivity contribution in [2.75, 3.05) is 37.6 Å². The lowest BCUT2D eigenvalue weighted by molar-refractivity contribution is -0.136. The molecule has 0 aliphatic carbocycles. The molecule has 6 heteroatoms. The van der Waals surface area contributed by atoms with Gasteiger partial charge in [0.25, 0.3) is 0 Å². The summed E-state index contributed by atoms with van der Waals surface area (Å²) < 4.78 is 5.31. The topological polar surface area (TPSA) is 57.0 Å². The van der Waals surface area contributed by atoms with Crippen molar-refractivity contribution < 1.29 is 14.0 Å². The maximum atomic E-state index is 12.8. The zero-order chi connectivity index (χ0) is 17.9. The molecule has 2 amide bonds. The van der Waals surface area contributed by atoms with E-state index in [1.807, 2.05) is 35.2 Å². The van der Waals surface area contributed by atoms with Crippen molar-refractivity contribution in [3.8, 4) is 0 Å². The molecule has 2 aliphatic rings. The minimum absolute atomic E-state index is 0.0303. The number of hydrogen-bond donors (Lipinski definition) is 0. The highest BCUT2D eigenvalue weighted by Crippen LogP contribution is 2.24. The van der Waals surface area contributed by atoms with Gasteiger partial charge in [-0.1, -0.05) is 18.2 Å². The largest absolute Gasteiger partial charge is 0.467 e. The van der Waals surface area contributed by atoms with E-state index in [-0.39, 0.29) is 17.7 Å². The highest BCUT2D eigenvalue weighted by molar-refractivity contribution is 5.89. The zero-order valence-corrected chi connectivity index (χ0v) is 14.7. The van der Waals surface area contributed by atoms with Crippen molar-refractivity contribution >= 4 is 17.5 Å². The fourth-order valence-electron chi connectivity index (χ4n) is 3.76. The Bertz CT molecular complexity index is 752. The number of amides is 2. The van der Waals surface area contributed by atoms with E-state index in [4.69, 9.17) is 4.42 Å². The molecule has 0 radical (unpaired) electrons. The van der Waals surface area contributed by atoms with E-state index in [1.165, 1.54) is 5.69 Å². The third-order valence-corrected chi connectivity index (χ3v) is 5.20. The van der Waals surface area contributed by atoms with Gasteiger partial charge in [0.1, 0.15) is 5.76 Å². The number of carbonyl (C=O) groups excluding carboxylic acids is 2. The standard InChI is InChI=1S/C20H23N3O3/c24-19-13-16(14-23(19)15-18-7-4-12-26-18)20(25)22-10-8-21(9-11-22)17-5-2-1-3-6-17/h1-7,12,16H,8-11,13-15H2/t16-/m1/s1. The van der Waals surface area contributed by atoms with Gasteiger partial charge in [0.05, 0.1) is 18.7 Å². The fraction of sp³-hybridized carbons (Fsp3) is 0.400. The van der Waals surface area contributed by atoms with E-state index >= 15 is 0 Å². The second-order valence-corrected chi connectivity index (χ2v) is 6.90. The molecule has 26 heavy (non-hydrogen) atoms. The van der Waals surface area contributed by atoms with Crippen molar-refractivity contribution in [3.63, 3.8) is 0 Å². The van der Waals surface area contributed by atoms with Crippen molar-refractivity contribution in [1.82, 2.24) is 9.80 Å². The number of furan rings is 1. The smallest absolute Gasteiger partial charge is 0.228 e. The number of hydrogen-bond acceptors (Lipinski definition) is 4. The molecule has 0 bridgehead atoms. The molecule has 3 heterocycles. The molecule has 2 saturated heterocycles. The molecule has 6 nitrogen and oxygen atoms in total. The molecule has 1 atom stereocenters. The zero-order valence-electron chi connectivity index (χ0n) is 14.7. The first-order valence-corrected chi connectivity index (χ1v) is 9.09. The van der Waals surface area contributed by atoms with Gasteiger partial charge in [-0.05, 0) is 24.3 Å². The number of rotatable bonds is 4. The van der Waals surface area contributed by atoms with Gasteiger partial charge in [-0.15, -0.1) is 0 Å². The van der Waals surface area contributed by atoms with Crippen LogP contribution in [0.1, 0.15) is 12.2 Å². The second-order valence-electron chi connectivity index (χ2n) is 6.90. The van der Waals surface area contributed by atoms with Crippen molar-refractivity contribution in [1.29, 1.82) is 0 Å². The quantitative estimate of drug-likeness (QED) is 0.843. The van der Waals surface area contributed by atoms with Crippen molar-refractivity contribution in [2.24, 2.45) is 5.92 Å². The van der Waals surface area contributed by atoms with Gasteiger partial charge in [0, 0.05) is 44.8 Å². The summed E-state index contributed by atoms with van der Waals surface area (Å²) in [6.07, 6.45) is 1.91. The molecule has 0 saturated carbocycles. The van der Waals surface area contributed by atoms with Crippen LogP contribution in [-0.4, -0.2) is 54.3 Å². The van der Waals surface area contributed by atoms with Gasteiger partial charge in [-0.25, -0.2) is 0 Å². The maximum absolute atomic E-state index is 12.8. The third kappa shape index (κ3) is 3.45. The number of piperazine rings is 1. The van der Waals surface area contributed by atoms with Gasteiger partial charge < -0.3 is 19.1 Å². The predicted molar refractivity (Wildman–Crippen MR) is 97.5 cm³/mol. The van der Waals surface area contributed by atoms with Gasteiger partial charge >= 0.3 is 0 Å². The van der Waals surface area contributed by atoms with Crippen LogP contribution in [-0.2, 0) is 16.1 Å². The number of para-hydroxylation sites is 1. The summed E-state index contributed by atoms with van der Waals surface area (Å²) in [5, 5.41) is 0. The number of anilines is 1. The molecule has 0 spiro atoms. The Balaban J connectivity index is 1.32. The highest BCUT2D eigenvalue weighted by atomic mass is 16.3. The van der Waals surface area contributed by atoms with Gasteiger partial charge in [-0.2, -0.15) is 0 Å². The van der Waals surface area contributed by atoms with Crippen LogP contribution in [0.4, 0.5) is 5.69 Å². The summed E-state index contributed by atoms with van der Waals surface area (Å²) in [4.78, 5) is 31.0. The van der Waals surface area contributed by atoms with E-state index in [0.717, 1.165) is 18.8 Å². The number of carbonyl (C=O) groups is 2. The van der Waals surface area contributed by atoms with E-state index in [0.29, 0.717) is 32.6 Å². The van der Waals surface area contributed by atoms with Gasteiger partial charge in [0.2, 0.25) is 11.8 Å². The van der Waals surface area contributed by atoms with Crippen LogP contribution in [0.2, 0.25) is 0 Å². The Kier molecular flexibility index (Phi) is 4.65. The van der Waals surface area contributed by atoms with Crippen LogP contribution in [0.15, 0.2) is 53.1 Å². The lowest BCUT2D eigenvalue weighted by Gasteiger charge is -2.37. The molecule has 2 aromatic rings. The average Bonchev–Trinajstić information content (AvgIpc) is 3.32. The monoisotopic (exact) mass is 353 g/mol. The average molecular weight is 353 g/mol. The Morgan fingerprint density at radius 1 is 1.04 bits per heavy atom. The molecule has 2 aliphatic heterocycles. The van der Waals surface area contributed by atoms with Gasteiger partial charge in [-0.3, -0.25) is 9.59 Å². The third-order valence-electron chi connectivity index (χ3n) is 5.20. The van der Waals surface area contributed by atoms with E-state index < -0.39 is 0 Å². The van der Waals surface area contributed by atoms with Crippen LogP contribution in [0.5, 0.6) is 0 Å². The van der Waals surface area contributed by atoms with E-state index in [2.05, 4.69) is 17.0 Å². The molecule has 4 rings (SSSR count). The summed E-state index contributed by atoms with van der Waals surface area (Å²) in [5.74, 6) is 0.652. The molecule has 136 valence electrons. The molecular formula is C20H23N3O3. The summed E-state index contributed by atoms with van der Waals surface area (Å²) >= 11 is 0. The summed E-state index contributed by atoms with van der Waals surface area (Å²) in [6, 6.07) is 13.9. The molecule has 0 N–H and O–H groups in total. The van der Waals surface area contributed by atoms with E-state index in [1.54, 1.807) is 11.2 Å². The van der Waals surface area contributed by atoms with Crippen LogP contribution < -0.4 is 4.90 Å². The first-order valence-electron chi connectivity index (χ1n) is 9.09. The number of nitrogens with zero attached hydrogens (tertiary/aromatic N) is 3. The van der Waals surface area contributed by atoms with Crippen molar-refractivity contribution in [2.45, 2.75) is 13.0 Å². The van der Waals surface area contributed by atoms with Gasteiger partial charge in [0.15, 0.2) is 0 Å². The normalized spacial score (nSPS) is 20.7. The Labute approximate surface area is 153 Å². The van der Waals surface area contributed by atoms with Crippen LogP contribution in [0, 0.1) is 5.92 Å². The van der Waals surface area contributed by atoms with Crippen LogP contribution in [0.3, 0.4) is 0 Å². The Morgan fingerprint density at radius 2 is 1.81 bits per heavy atom. The number of likely N-dealkylation sites (tertiary alicyclic amines) is 1. The minimum atomic E-state index is -0.235. The number of benzene rings is 1. The second kappa shape index (κ2) is 7.23. The van der Waals surface area contributed by atoms with Crippen LogP contribution in [0.25, 0.3) is 0 Å². The first-order chi connectivity index (χ1) is 12.7. The SMILES string of the molecule is O=C1C[C@@H](C(=O)N2CCN(c3ccccc3)CC2)CN1Cc1ccco1. The summed E-state index contributed by atoms with van der Waals surface area (Å²) in [5.41, 5.74) is 1.19. The Hall–Kier alpha value is -2.76. The lowest BCUT2D eigenvalue weighted by atomic mass is 10.1. The van der Waals surface area contributed by atoms with Crippen molar-refractivity contribution in [3.05, 3.63) is 54.5 Å². The van der Waals surface area contributed by atoms with E-state index in [9.17, 15) is 9.59 Å². The fourth-order valence-corrected chi connectivity index (χ4v) is 3.76. The highest BCUT2D eigenvalue weighted by Gasteiger charge is 2.37. The minimum Gasteiger partial charge on any atom is -0.467 e. The van der Waals surface area contributed by atoms with Crippen LogP contribution >= 0.6 is 0 Å². The molecular weight excluding hydrogens is 330 g/mol. The predicted octanol–water partition coefficient (Wildman–Crippen LogP) is 1.98. The maximum Gasteiger partial charge on any atom is 0.228 e. The lowest BCUT2D eigenvalue weighted by Crippen LogP contribution is -2.50. The Morgan fingerprint density at radius 3 is 2.50 bits per heavy atom. The molecule has 1 aromatic carbocycles. The summed E-state index contributed by atoms with van der Waals surface area (Å²) in [7, 11) is 0. The molecule has 1 aromatic heterocycles. The molecule has 0 unspecified atom stereocenters. The first kappa shape index (κ1) is 16.7. The summed E-state index contributed by atoms with van der Waals surface area (Å²) in [6.45, 7) is 3.99. The molecule has 2 fully saturated rings.